The first kappa shape index (κ1) is 19.3. The topological polar surface area (TPSA) is 69.7 Å². The van der Waals surface area contributed by atoms with Crippen LogP contribution in [0.5, 0.6) is 5.75 Å². The van der Waals surface area contributed by atoms with Crippen LogP contribution in [0.3, 0.4) is 0 Å². The molecule has 130 valence electrons. The van der Waals surface area contributed by atoms with Crippen molar-refractivity contribution in [3.63, 3.8) is 0 Å². The molecule has 0 aliphatic carbocycles. The second-order valence-electron chi connectivity index (χ2n) is 4.76. The van der Waals surface area contributed by atoms with Gasteiger partial charge in [0.15, 0.2) is 0 Å². The highest BCUT2D eigenvalue weighted by Crippen LogP contribution is 2.27. The van der Waals surface area contributed by atoms with Crippen LogP contribution in [0.15, 0.2) is 24.3 Å². The molecule has 0 bridgehead atoms. The summed E-state index contributed by atoms with van der Waals surface area (Å²) in [5.41, 5.74) is -4.62. The SMILES string of the molecule is COC(=O)CCCCCc1ccc(OS(=O)(=O)C(F)(F)F)cc1. The normalized spacial score (nSPS) is 12.0. The zero-order valence-corrected chi connectivity index (χ0v) is 13.2. The Morgan fingerprint density at radius 1 is 1.09 bits per heavy atom. The summed E-state index contributed by atoms with van der Waals surface area (Å²) in [5, 5.41) is 0. The summed E-state index contributed by atoms with van der Waals surface area (Å²) in [4.78, 5) is 10.9. The second kappa shape index (κ2) is 8.19. The number of benzene rings is 1. The Kier molecular flexibility index (Phi) is 6.86. The van der Waals surface area contributed by atoms with E-state index in [0.29, 0.717) is 19.3 Å². The highest BCUT2D eigenvalue weighted by molar-refractivity contribution is 7.87. The van der Waals surface area contributed by atoms with Crippen LogP contribution in [0.25, 0.3) is 0 Å². The number of carbonyl (C=O) groups excluding carboxylic acids is 1. The second-order valence-corrected chi connectivity index (χ2v) is 6.30. The molecule has 0 heterocycles. The molecule has 0 spiro atoms. The summed E-state index contributed by atoms with van der Waals surface area (Å²) in [6.07, 6.45) is 3.29. The summed E-state index contributed by atoms with van der Waals surface area (Å²) in [7, 11) is -4.32. The lowest BCUT2D eigenvalue weighted by molar-refractivity contribution is -0.140. The van der Waals surface area contributed by atoms with E-state index >= 15 is 0 Å². The van der Waals surface area contributed by atoms with Gasteiger partial charge in [0.05, 0.1) is 7.11 Å². The third kappa shape index (κ3) is 6.47. The number of carbonyl (C=O) groups is 1. The van der Waals surface area contributed by atoms with Crippen molar-refractivity contribution >= 4 is 16.1 Å². The van der Waals surface area contributed by atoms with Crippen LogP contribution in [0, 0.1) is 0 Å². The third-order valence-electron chi connectivity index (χ3n) is 2.99. The molecular formula is C14H17F3O5S. The van der Waals surface area contributed by atoms with Crippen LogP contribution in [0.4, 0.5) is 13.2 Å². The Morgan fingerprint density at radius 3 is 2.22 bits per heavy atom. The van der Waals surface area contributed by atoms with E-state index in [0.717, 1.165) is 18.4 Å². The number of ether oxygens (including phenoxy) is 1. The fourth-order valence-corrected chi connectivity index (χ4v) is 2.22. The average Bonchev–Trinajstić information content (AvgIpc) is 2.46. The zero-order valence-electron chi connectivity index (χ0n) is 12.4. The minimum atomic E-state index is -5.64. The highest BCUT2D eigenvalue weighted by Gasteiger charge is 2.48. The van der Waals surface area contributed by atoms with Gasteiger partial charge in [0.1, 0.15) is 5.75 Å². The van der Waals surface area contributed by atoms with Crippen molar-refractivity contribution in [2.24, 2.45) is 0 Å². The third-order valence-corrected chi connectivity index (χ3v) is 3.97. The molecule has 5 nitrogen and oxygen atoms in total. The lowest BCUT2D eigenvalue weighted by atomic mass is 10.1. The minimum Gasteiger partial charge on any atom is -0.469 e. The molecule has 0 saturated heterocycles. The molecule has 0 fully saturated rings. The number of hydrogen-bond acceptors (Lipinski definition) is 5. The first-order valence-electron chi connectivity index (χ1n) is 6.82. The summed E-state index contributed by atoms with van der Waals surface area (Å²) in [5.74, 6) is -0.658. The minimum absolute atomic E-state index is 0.266. The van der Waals surface area contributed by atoms with E-state index in [1.54, 1.807) is 0 Å². The van der Waals surface area contributed by atoms with Crippen LogP contribution in [0.2, 0.25) is 0 Å². The van der Waals surface area contributed by atoms with Crippen LogP contribution in [-0.4, -0.2) is 27.0 Å². The van der Waals surface area contributed by atoms with Gasteiger partial charge in [0, 0.05) is 6.42 Å². The van der Waals surface area contributed by atoms with Crippen molar-refractivity contribution in [1.29, 1.82) is 0 Å². The van der Waals surface area contributed by atoms with Crippen molar-refractivity contribution in [2.45, 2.75) is 37.6 Å². The monoisotopic (exact) mass is 354 g/mol. The Morgan fingerprint density at radius 2 is 1.70 bits per heavy atom. The lowest BCUT2D eigenvalue weighted by Crippen LogP contribution is -2.28. The molecule has 0 atom stereocenters. The predicted octanol–water partition coefficient (Wildman–Crippen LogP) is 3.19. The lowest BCUT2D eigenvalue weighted by Gasteiger charge is -2.09. The van der Waals surface area contributed by atoms with Crippen molar-refractivity contribution < 1.29 is 35.3 Å². The van der Waals surface area contributed by atoms with E-state index < -0.39 is 21.4 Å². The molecular weight excluding hydrogens is 337 g/mol. The molecule has 0 aliphatic rings. The molecule has 1 aromatic carbocycles. The summed E-state index contributed by atoms with van der Waals surface area (Å²) >= 11 is 0. The van der Waals surface area contributed by atoms with Crippen molar-refractivity contribution in [3.05, 3.63) is 29.8 Å². The van der Waals surface area contributed by atoms with Gasteiger partial charge < -0.3 is 8.92 Å². The molecule has 1 aromatic rings. The predicted molar refractivity (Wildman–Crippen MR) is 76.2 cm³/mol. The number of methoxy groups -OCH3 is 1. The molecule has 0 N–H and O–H groups in total. The number of unbranched alkanes of at least 4 members (excludes halogenated alkanes) is 2. The first-order valence-corrected chi connectivity index (χ1v) is 8.23. The molecule has 1 rings (SSSR count). The quantitative estimate of drug-likeness (QED) is 0.310. The molecule has 0 saturated carbocycles. The molecule has 0 aromatic heterocycles. The number of hydrogen-bond donors (Lipinski definition) is 0. The van der Waals surface area contributed by atoms with Crippen LogP contribution >= 0.6 is 0 Å². The smallest absolute Gasteiger partial charge is 0.469 e. The Labute approximate surface area is 132 Å². The maximum atomic E-state index is 12.2. The zero-order chi connectivity index (χ0) is 17.5. The van der Waals surface area contributed by atoms with Crippen molar-refractivity contribution in [1.82, 2.24) is 0 Å². The van der Waals surface area contributed by atoms with Gasteiger partial charge in [0.25, 0.3) is 0 Å². The first-order chi connectivity index (χ1) is 10.7. The number of alkyl halides is 3. The van der Waals surface area contributed by atoms with E-state index in [1.165, 1.54) is 31.4 Å². The molecule has 0 aliphatic heterocycles. The highest BCUT2D eigenvalue weighted by atomic mass is 32.2. The molecule has 0 radical (unpaired) electrons. The van der Waals surface area contributed by atoms with E-state index in [-0.39, 0.29) is 5.97 Å². The summed E-state index contributed by atoms with van der Waals surface area (Å²) in [6.45, 7) is 0. The fraction of sp³-hybridized carbons (Fsp3) is 0.500. The number of aryl methyl sites for hydroxylation is 1. The number of esters is 1. The Balaban J connectivity index is 2.44. The van der Waals surface area contributed by atoms with E-state index in [4.69, 9.17) is 0 Å². The van der Waals surface area contributed by atoms with Gasteiger partial charge in [-0.15, -0.1) is 0 Å². The van der Waals surface area contributed by atoms with Crippen LogP contribution in [-0.2, 0) is 26.1 Å². The van der Waals surface area contributed by atoms with Crippen molar-refractivity contribution in [3.8, 4) is 5.75 Å². The van der Waals surface area contributed by atoms with E-state index in [9.17, 15) is 26.4 Å². The van der Waals surface area contributed by atoms with E-state index in [2.05, 4.69) is 8.92 Å². The number of halogens is 3. The van der Waals surface area contributed by atoms with Gasteiger partial charge in [-0.2, -0.15) is 21.6 Å². The fourth-order valence-electron chi connectivity index (χ4n) is 1.76. The van der Waals surface area contributed by atoms with E-state index in [1.807, 2.05) is 0 Å². The van der Waals surface area contributed by atoms with Crippen molar-refractivity contribution in [2.75, 3.05) is 7.11 Å². The van der Waals surface area contributed by atoms with Gasteiger partial charge in [-0.25, -0.2) is 0 Å². The Hall–Kier alpha value is -1.77. The van der Waals surface area contributed by atoms with Gasteiger partial charge >= 0.3 is 21.6 Å². The van der Waals surface area contributed by atoms with Gasteiger partial charge in [-0.1, -0.05) is 18.6 Å². The van der Waals surface area contributed by atoms with Crippen LogP contribution < -0.4 is 4.18 Å². The van der Waals surface area contributed by atoms with Gasteiger partial charge in [-0.3, -0.25) is 4.79 Å². The number of rotatable bonds is 8. The van der Waals surface area contributed by atoms with Gasteiger partial charge in [0.2, 0.25) is 0 Å². The largest absolute Gasteiger partial charge is 0.534 e. The average molecular weight is 354 g/mol. The molecule has 0 unspecified atom stereocenters. The van der Waals surface area contributed by atoms with Crippen LogP contribution in [0.1, 0.15) is 31.2 Å². The maximum absolute atomic E-state index is 12.2. The molecule has 23 heavy (non-hydrogen) atoms. The summed E-state index contributed by atoms with van der Waals surface area (Å²) in [6, 6.07) is 5.35. The Bertz CT molecular complexity index is 608. The summed E-state index contributed by atoms with van der Waals surface area (Å²) < 4.78 is 66.7. The molecule has 9 heteroatoms. The maximum Gasteiger partial charge on any atom is 0.534 e. The van der Waals surface area contributed by atoms with Gasteiger partial charge in [-0.05, 0) is 37.0 Å². The standard InChI is InChI=1S/C14H17F3O5S/c1-21-13(18)6-4-2-3-5-11-7-9-12(10-8-11)22-23(19,20)14(15,16)17/h7-10H,2-6H2,1H3. The molecule has 0 amide bonds.